The van der Waals surface area contributed by atoms with Crippen molar-refractivity contribution in [1.29, 1.82) is 0 Å². The molecule has 17 heavy (non-hydrogen) atoms. The third-order valence-corrected chi connectivity index (χ3v) is 4.20. The molecular formula is C13H21N3O. The Bertz CT molecular complexity index is 378. The number of nitrogens with one attached hydrogen (secondary N) is 1. The van der Waals surface area contributed by atoms with Crippen LogP contribution in [0.5, 0.6) is 0 Å². The molecule has 0 unspecified atom stereocenters. The molecule has 2 aliphatic heterocycles. The number of ether oxygens (including phenoxy) is 1. The first kappa shape index (κ1) is 11.2. The minimum absolute atomic E-state index is 0.380. The van der Waals surface area contributed by atoms with Crippen LogP contribution in [0.3, 0.4) is 0 Å². The van der Waals surface area contributed by atoms with E-state index >= 15 is 0 Å². The second kappa shape index (κ2) is 4.42. The SMILES string of the molecule is CC1(Cn2cncc2C2CNC2)CCOCC1. The Morgan fingerprint density at radius 3 is 2.88 bits per heavy atom. The highest BCUT2D eigenvalue weighted by Gasteiger charge is 2.30. The van der Waals surface area contributed by atoms with E-state index in [0.29, 0.717) is 11.3 Å². The molecule has 0 saturated carbocycles. The van der Waals surface area contributed by atoms with Crippen LogP contribution in [0.1, 0.15) is 31.4 Å². The van der Waals surface area contributed by atoms with Gasteiger partial charge < -0.3 is 14.6 Å². The first-order valence-electron chi connectivity index (χ1n) is 6.55. The van der Waals surface area contributed by atoms with Crippen LogP contribution < -0.4 is 5.32 Å². The molecule has 1 aromatic heterocycles. The van der Waals surface area contributed by atoms with Gasteiger partial charge >= 0.3 is 0 Å². The van der Waals surface area contributed by atoms with Crippen molar-refractivity contribution in [3.8, 4) is 0 Å². The highest BCUT2D eigenvalue weighted by atomic mass is 16.5. The fourth-order valence-electron chi connectivity index (χ4n) is 2.73. The van der Waals surface area contributed by atoms with Gasteiger partial charge in [0.15, 0.2) is 0 Å². The number of imidazole rings is 1. The maximum absolute atomic E-state index is 5.46. The zero-order chi connectivity index (χ0) is 11.7. The van der Waals surface area contributed by atoms with Crippen LogP contribution >= 0.6 is 0 Å². The molecule has 0 aliphatic carbocycles. The molecule has 94 valence electrons. The Labute approximate surface area is 102 Å². The van der Waals surface area contributed by atoms with E-state index in [2.05, 4.69) is 21.8 Å². The van der Waals surface area contributed by atoms with Crippen molar-refractivity contribution in [2.45, 2.75) is 32.2 Å². The molecule has 2 saturated heterocycles. The maximum Gasteiger partial charge on any atom is 0.0948 e. The Hall–Kier alpha value is -0.870. The van der Waals surface area contributed by atoms with E-state index in [-0.39, 0.29) is 0 Å². The average molecular weight is 235 g/mol. The van der Waals surface area contributed by atoms with Crippen LogP contribution in [-0.2, 0) is 11.3 Å². The van der Waals surface area contributed by atoms with Gasteiger partial charge in [-0.15, -0.1) is 0 Å². The van der Waals surface area contributed by atoms with Gasteiger partial charge in [-0.3, -0.25) is 0 Å². The molecule has 2 aliphatic rings. The largest absolute Gasteiger partial charge is 0.381 e. The van der Waals surface area contributed by atoms with E-state index in [9.17, 15) is 0 Å². The lowest BCUT2D eigenvalue weighted by Gasteiger charge is -2.35. The molecule has 0 radical (unpaired) electrons. The highest BCUT2D eigenvalue weighted by molar-refractivity contribution is 5.12. The van der Waals surface area contributed by atoms with Gasteiger partial charge in [0.2, 0.25) is 0 Å². The predicted molar refractivity (Wildman–Crippen MR) is 66.0 cm³/mol. The Balaban J connectivity index is 1.73. The summed E-state index contributed by atoms with van der Waals surface area (Å²) in [4.78, 5) is 4.33. The summed E-state index contributed by atoms with van der Waals surface area (Å²) in [5.74, 6) is 0.668. The molecule has 3 heterocycles. The molecule has 0 bridgehead atoms. The van der Waals surface area contributed by atoms with Crippen molar-refractivity contribution in [1.82, 2.24) is 14.9 Å². The van der Waals surface area contributed by atoms with Gasteiger partial charge in [0.1, 0.15) is 0 Å². The second-order valence-corrected chi connectivity index (χ2v) is 5.72. The molecule has 1 aromatic rings. The fourth-order valence-corrected chi connectivity index (χ4v) is 2.73. The van der Waals surface area contributed by atoms with E-state index in [0.717, 1.165) is 45.7 Å². The van der Waals surface area contributed by atoms with E-state index < -0.39 is 0 Å². The van der Waals surface area contributed by atoms with Gasteiger partial charge in [0, 0.05) is 50.7 Å². The Morgan fingerprint density at radius 1 is 1.47 bits per heavy atom. The lowest BCUT2D eigenvalue weighted by atomic mass is 9.82. The standard InChI is InChI=1S/C13H21N3O/c1-13(2-4-17-5-3-13)9-16-10-15-8-12(16)11-6-14-7-11/h8,10-11,14H,2-7,9H2,1H3. The molecule has 0 amide bonds. The van der Waals surface area contributed by atoms with Gasteiger partial charge in [-0.1, -0.05) is 6.92 Å². The summed E-state index contributed by atoms with van der Waals surface area (Å²) >= 11 is 0. The first-order chi connectivity index (χ1) is 8.27. The molecule has 3 rings (SSSR count). The number of nitrogens with zero attached hydrogens (tertiary/aromatic N) is 2. The van der Waals surface area contributed by atoms with Crippen LogP contribution in [0.25, 0.3) is 0 Å². The van der Waals surface area contributed by atoms with Gasteiger partial charge in [0.25, 0.3) is 0 Å². The van der Waals surface area contributed by atoms with Crippen LogP contribution in [0, 0.1) is 5.41 Å². The molecule has 4 heteroatoms. The van der Waals surface area contributed by atoms with Crippen LogP contribution in [0.15, 0.2) is 12.5 Å². The van der Waals surface area contributed by atoms with Crippen molar-refractivity contribution < 1.29 is 4.74 Å². The van der Waals surface area contributed by atoms with Crippen molar-refractivity contribution in [3.63, 3.8) is 0 Å². The number of hydrogen-bond acceptors (Lipinski definition) is 3. The lowest BCUT2D eigenvalue weighted by Crippen LogP contribution is -2.41. The van der Waals surface area contributed by atoms with Crippen molar-refractivity contribution in [3.05, 3.63) is 18.2 Å². The zero-order valence-corrected chi connectivity index (χ0v) is 10.5. The van der Waals surface area contributed by atoms with Gasteiger partial charge in [-0.25, -0.2) is 4.98 Å². The van der Waals surface area contributed by atoms with E-state index in [1.165, 1.54) is 5.69 Å². The zero-order valence-electron chi connectivity index (χ0n) is 10.5. The molecule has 4 nitrogen and oxygen atoms in total. The summed E-state index contributed by atoms with van der Waals surface area (Å²) in [6, 6.07) is 0. The number of aromatic nitrogens is 2. The molecule has 2 fully saturated rings. The predicted octanol–water partition coefficient (Wildman–Crippen LogP) is 1.39. The molecule has 0 atom stereocenters. The summed E-state index contributed by atoms with van der Waals surface area (Å²) in [7, 11) is 0. The molecular weight excluding hydrogens is 214 g/mol. The van der Waals surface area contributed by atoms with Gasteiger partial charge in [-0.2, -0.15) is 0 Å². The summed E-state index contributed by atoms with van der Waals surface area (Å²) in [5, 5.41) is 3.33. The summed E-state index contributed by atoms with van der Waals surface area (Å²) in [6.07, 6.45) is 6.35. The summed E-state index contributed by atoms with van der Waals surface area (Å²) in [5.41, 5.74) is 1.78. The van der Waals surface area contributed by atoms with Crippen LogP contribution in [0.4, 0.5) is 0 Å². The quantitative estimate of drug-likeness (QED) is 0.860. The Morgan fingerprint density at radius 2 is 2.24 bits per heavy atom. The van der Waals surface area contributed by atoms with Crippen molar-refractivity contribution in [2.75, 3.05) is 26.3 Å². The molecule has 0 spiro atoms. The summed E-state index contributed by atoms with van der Waals surface area (Å²) < 4.78 is 7.82. The second-order valence-electron chi connectivity index (χ2n) is 5.72. The van der Waals surface area contributed by atoms with E-state index in [4.69, 9.17) is 4.74 Å². The third kappa shape index (κ3) is 2.24. The normalized spacial score (nSPS) is 24.5. The highest BCUT2D eigenvalue weighted by Crippen LogP contribution is 2.33. The van der Waals surface area contributed by atoms with Crippen LogP contribution in [-0.4, -0.2) is 35.9 Å². The lowest BCUT2D eigenvalue weighted by molar-refractivity contribution is 0.0149. The third-order valence-electron chi connectivity index (χ3n) is 4.20. The number of rotatable bonds is 3. The maximum atomic E-state index is 5.46. The van der Waals surface area contributed by atoms with Gasteiger partial charge in [0.05, 0.1) is 6.33 Å². The smallest absolute Gasteiger partial charge is 0.0948 e. The molecule has 1 N–H and O–H groups in total. The van der Waals surface area contributed by atoms with E-state index in [1.807, 2.05) is 12.5 Å². The minimum atomic E-state index is 0.380. The Kier molecular flexibility index (Phi) is 2.92. The fraction of sp³-hybridized carbons (Fsp3) is 0.769. The van der Waals surface area contributed by atoms with Crippen LogP contribution in [0.2, 0.25) is 0 Å². The minimum Gasteiger partial charge on any atom is -0.381 e. The van der Waals surface area contributed by atoms with Crippen molar-refractivity contribution >= 4 is 0 Å². The first-order valence-corrected chi connectivity index (χ1v) is 6.55. The number of hydrogen-bond donors (Lipinski definition) is 1. The summed E-state index contributed by atoms with van der Waals surface area (Å²) in [6.45, 7) is 7.48. The molecule has 0 aromatic carbocycles. The van der Waals surface area contributed by atoms with E-state index in [1.54, 1.807) is 0 Å². The van der Waals surface area contributed by atoms with Gasteiger partial charge in [-0.05, 0) is 18.3 Å². The van der Waals surface area contributed by atoms with Crippen molar-refractivity contribution in [2.24, 2.45) is 5.41 Å². The topological polar surface area (TPSA) is 39.1 Å². The monoisotopic (exact) mass is 235 g/mol. The average Bonchev–Trinajstić information content (AvgIpc) is 2.64.